The molecular formula is C19H20ClN3O. The average molecular weight is 342 g/mol. The summed E-state index contributed by atoms with van der Waals surface area (Å²) in [6.07, 6.45) is 1.90. The van der Waals surface area contributed by atoms with Crippen LogP contribution < -0.4 is 9.64 Å². The number of hydrogen-bond acceptors (Lipinski definition) is 4. The van der Waals surface area contributed by atoms with E-state index in [0.717, 1.165) is 55.5 Å². The molecule has 0 unspecified atom stereocenters. The Morgan fingerprint density at radius 3 is 2.71 bits per heavy atom. The van der Waals surface area contributed by atoms with Gasteiger partial charge in [-0.1, -0.05) is 24.6 Å². The number of fused-ring (bicyclic) bond motifs is 2. The molecule has 0 bridgehead atoms. The molecule has 0 N–H and O–H groups in total. The molecule has 2 aliphatic rings. The van der Waals surface area contributed by atoms with Gasteiger partial charge in [0.2, 0.25) is 0 Å². The van der Waals surface area contributed by atoms with Crippen LogP contribution in [0.4, 0.5) is 11.4 Å². The van der Waals surface area contributed by atoms with Crippen molar-refractivity contribution >= 4 is 29.2 Å². The number of rotatable bonds is 2. The van der Waals surface area contributed by atoms with Crippen molar-refractivity contribution in [3.05, 3.63) is 47.0 Å². The van der Waals surface area contributed by atoms with Gasteiger partial charge in [-0.25, -0.2) is 0 Å². The van der Waals surface area contributed by atoms with E-state index >= 15 is 0 Å². The van der Waals surface area contributed by atoms with E-state index in [0.29, 0.717) is 5.02 Å². The molecule has 0 amide bonds. The van der Waals surface area contributed by atoms with Gasteiger partial charge in [-0.2, -0.15) is 0 Å². The number of likely N-dealkylation sites (N-methyl/N-ethyl adjacent to an activating group) is 1. The fourth-order valence-corrected chi connectivity index (χ4v) is 3.43. The number of halogens is 1. The molecule has 124 valence electrons. The van der Waals surface area contributed by atoms with Crippen LogP contribution in [0, 0.1) is 0 Å². The number of aliphatic imine (C=N–C) groups is 1. The number of hydrogen-bond donors (Lipinski definition) is 0. The predicted octanol–water partition coefficient (Wildman–Crippen LogP) is 4.34. The second-order valence-electron chi connectivity index (χ2n) is 6.08. The summed E-state index contributed by atoms with van der Waals surface area (Å²) in [5.74, 6) is 1.58. The zero-order chi connectivity index (χ0) is 16.5. The molecular weight excluding hydrogens is 322 g/mol. The molecule has 2 aromatic rings. The van der Waals surface area contributed by atoms with Crippen molar-refractivity contribution in [3.63, 3.8) is 0 Å². The van der Waals surface area contributed by atoms with Gasteiger partial charge in [0, 0.05) is 43.1 Å². The van der Waals surface area contributed by atoms with Gasteiger partial charge < -0.3 is 14.5 Å². The molecule has 0 saturated carbocycles. The zero-order valence-corrected chi connectivity index (χ0v) is 14.5. The van der Waals surface area contributed by atoms with E-state index in [-0.39, 0.29) is 0 Å². The Bertz CT molecular complexity index is 782. The van der Waals surface area contributed by atoms with E-state index < -0.39 is 0 Å². The van der Waals surface area contributed by atoms with Gasteiger partial charge in [0.15, 0.2) is 5.75 Å². The van der Waals surface area contributed by atoms with Crippen LogP contribution >= 0.6 is 11.6 Å². The summed E-state index contributed by atoms with van der Waals surface area (Å²) in [5, 5.41) is 0.663. The van der Waals surface area contributed by atoms with Crippen LogP contribution in [-0.4, -0.2) is 43.8 Å². The Morgan fingerprint density at radius 1 is 1.08 bits per heavy atom. The highest BCUT2D eigenvalue weighted by Crippen LogP contribution is 2.40. The monoisotopic (exact) mass is 341 g/mol. The lowest BCUT2D eigenvalue weighted by molar-refractivity contribution is 0.271. The van der Waals surface area contributed by atoms with Gasteiger partial charge in [-0.15, -0.1) is 0 Å². The first kappa shape index (κ1) is 15.5. The highest BCUT2D eigenvalue weighted by Gasteiger charge is 2.21. The van der Waals surface area contributed by atoms with Gasteiger partial charge in [0.1, 0.15) is 11.4 Å². The number of ether oxygens (including phenoxy) is 1. The predicted molar refractivity (Wildman–Crippen MR) is 99.5 cm³/mol. The van der Waals surface area contributed by atoms with Crippen LogP contribution in [-0.2, 0) is 0 Å². The largest absolute Gasteiger partial charge is 0.454 e. The first-order valence-corrected chi connectivity index (χ1v) is 8.74. The number of anilines is 1. The third-order valence-corrected chi connectivity index (χ3v) is 4.91. The smallest absolute Gasteiger partial charge is 0.153 e. The van der Waals surface area contributed by atoms with Crippen molar-refractivity contribution in [2.24, 2.45) is 4.99 Å². The lowest BCUT2D eigenvalue weighted by atomic mass is 10.1. The molecule has 5 heteroatoms. The molecule has 0 spiro atoms. The Hall–Kier alpha value is -2.04. The van der Waals surface area contributed by atoms with Crippen LogP contribution in [0.15, 0.2) is 41.4 Å². The van der Waals surface area contributed by atoms with Crippen molar-refractivity contribution in [2.75, 3.05) is 37.6 Å². The van der Waals surface area contributed by atoms with E-state index in [4.69, 9.17) is 16.3 Å². The van der Waals surface area contributed by atoms with Crippen LogP contribution in [0.3, 0.4) is 0 Å². The Morgan fingerprint density at radius 2 is 1.92 bits per heavy atom. The summed E-state index contributed by atoms with van der Waals surface area (Å²) in [7, 11) is 0. The summed E-state index contributed by atoms with van der Waals surface area (Å²) in [4.78, 5) is 9.50. The highest BCUT2D eigenvalue weighted by molar-refractivity contribution is 6.30. The van der Waals surface area contributed by atoms with Crippen molar-refractivity contribution in [1.82, 2.24) is 4.90 Å². The lowest BCUT2D eigenvalue weighted by Crippen LogP contribution is -2.46. The van der Waals surface area contributed by atoms with Crippen LogP contribution in [0.25, 0.3) is 0 Å². The fourth-order valence-electron chi connectivity index (χ4n) is 3.26. The first-order chi connectivity index (χ1) is 11.7. The standard InChI is InChI=1S/C19H20ClN3O/c1-2-22-8-10-23(11-9-22)17-4-3-5-18-15(17)13-21-16-12-14(20)6-7-19(16)24-18/h3-7,12-13H,2,8-11H2,1H3. The maximum atomic E-state index is 6.11. The van der Waals surface area contributed by atoms with Gasteiger partial charge in [-0.05, 0) is 36.9 Å². The quantitative estimate of drug-likeness (QED) is 0.694. The summed E-state index contributed by atoms with van der Waals surface area (Å²) in [6.45, 7) is 7.56. The van der Waals surface area contributed by atoms with Crippen LogP contribution in [0.1, 0.15) is 12.5 Å². The van der Waals surface area contributed by atoms with E-state index in [9.17, 15) is 0 Å². The van der Waals surface area contributed by atoms with Gasteiger partial charge in [-0.3, -0.25) is 4.99 Å². The minimum atomic E-state index is 0.663. The molecule has 2 aliphatic heterocycles. The molecule has 0 radical (unpaired) electrons. The van der Waals surface area contributed by atoms with Crippen molar-refractivity contribution < 1.29 is 4.74 Å². The second-order valence-corrected chi connectivity index (χ2v) is 6.52. The van der Waals surface area contributed by atoms with Crippen molar-refractivity contribution in [2.45, 2.75) is 6.92 Å². The van der Waals surface area contributed by atoms with Crippen molar-refractivity contribution in [1.29, 1.82) is 0 Å². The van der Waals surface area contributed by atoms with Crippen molar-refractivity contribution in [3.8, 4) is 11.5 Å². The molecule has 0 aliphatic carbocycles. The molecule has 0 aromatic heterocycles. The zero-order valence-electron chi connectivity index (χ0n) is 13.7. The van der Waals surface area contributed by atoms with Crippen LogP contribution in [0.5, 0.6) is 11.5 Å². The SMILES string of the molecule is CCN1CCN(c2cccc3c2C=Nc2cc(Cl)ccc2O3)CC1. The number of piperazine rings is 1. The molecule has 1 fully saturated rings. The third-order valence-electron chi connectivity index (χ3n) is 4.68. The first-order valence-electron chi connectivity index (χ1n) is 8.36. The average Bonchev–Trinajstić information content (AvgIpc) is 2.80. The highest BCUT2D eigenvalue weighted by atomic mass is 35.5. The number of nitrogens with zero attached hydrogens (tertiary/aromatic N) is 3. The Balaban J connectivity index is 1.68. The Labute approximate surface area is 147 Å². The lowest BCUT2D eigenvalue weighted by Gasteiger charge is -2.36. The normalized spacial score (nSPS) is 17.0. The maximum Gasteiger partial charge on any atom is 0.153 e. The van der Waals surface area contributed by atoms with E-state index in [1.54, 1.807) is 0 Å². The molecule has 1 saturated heterocycles. The second kappa shape index (κ2) is 6.46. The van der Waals surface area contributed by atoms with Crippen LogP contribution in [0.2, 0.25) is 5.02 Å². The molecule has 0 atom stereocenters. The summed E-state index contributed by atoms with van der Waals surface area (Å²) in [6, 6.07) is 11.7. The molecule has 24 heavy (non-hydrogen) atoms. The Kier molecular flexibility index (Phi) is 4.17. The summed E-state index contributed by atoms with van der Waals surface area (Å²) in [5.41, 5.74) is 2.99. The molecule has 2 aromatic carbocycles. The minimum Gasteiger partial charge on any atom is -0.454 e. The summed E-state index contributed by atoms with van der Waals surface area (Å²) < 4.78 is 6.11. The van der Waals surface area contributed by atoms with Gasteiger partial charge in [0.25, 0.3) is 0 Å². The molecule has 4 nitrogen and oxygen atoms in total. The van der Waals surface area contributed by atoms with E-state index in [2.05, 4.69) is 33.8 Å². The van der Waals surface area contributed by atoms with E-state index in [1.165, 1.54) is 5.69 Å². The molecule has 2 heterocycles. The topological polar surface area (TPSA) is 28.1 Å². The minimum absolute atomic E-state index is 0.663. The van der Waals surface area contributed by atoms with E-state index in [1.807, 2.05) is 30.5 Å². The fraction of sp³-hybridized carbons (Fsp3) is 0.316. The molecule has 4 rings (SSSR count). The summed E-state index contributed by atoms with van der Waals surface area (Å²) >= 11 is 6.08. The van der Waals surface area contributed by atoms with Gasteiger partial charge in [0.05, 0.1) is 5.56 Å². The third kappa shape index (κ3) is 2.87. The van der Waals surface area contributed by atoms with Gasteiger partial charge >= 0.3 is 0 Å². The maximum absolute atomic E-state index is 6.11. The number of benzene rings is 2.